The molecule has 0 aliphatic heterocycles. The third-order valence-electron chi connectivity index (χ3n) is 3.81. The van der Waals surface area contributed by atoms with E-state index in [1.54, 1.807) is 18.5 Å². The standard InChI is InChI=1S/C14H17BrN2O3/c15-10-9-16-7-4-11(10)17-12(18)8-14(13(19)20)5-2-1-3-6-14/h4,7,9H,1-3,5-6,8H2,(H,19,20)(H,16,17,18). The van der Waals surface area contributed by atoms with E-state index in [9.17, 15) is 14.7 Å². The Morgan fingerprint density at radius 3 is 2.65 bits per heavy atom. The fourth-order valence-electron chi connectivity index (χ4n) is 2.67. The second-order valence-electron chi connectivity index (χ2n) is 5.23. The van der Waals surface area contributed by atoms with E-state index in [1.165, 1.54) is 0 Å². The first-order valence-corrected chi connectivity index (χ1v) is 7.46. The van der Waals surface area contributed by atoms with Crippen LogP contribution in [-0.4, -0.2) is 22.0 Å². The van der Waals surface area contributed by atoms with Crippen LogP contribution in [0.3, 0.4) is 0 Å². The minimum Gasteiger partial charge on any atom is -0.481 e. The van der Waals surface area contributed by atoms with Gasteiger partial charge in [0.15, 0.2) is 0 Å². The van der Waals surface area contributed by atoms with Crippen LogP contribution in [0.4, 0.5) is 5.69 Å². The van der Waals surface area contributed by atoms with Gasteiger partial charge in [-0.1, -0.05) is 19.3 Å². The lowest BCUT2D eigenvalue weighted by Gasteiger charge is -2.32. The van der Waals surface area contributed by atoms with Gasteiger partial charge in [-0.05, 0) is 34.8 Å². The highest BCUT2D eigenvalue weighted by Crippen LogP contribution is 2.40. The van der Waals surface area contributed by atoms with E-state index in [4.69, 9.17) is 0 Å². The van der Waals surface area contributed by atoms with E-state index in [0.29, 0.717) is 23.0 Å². The third-order valence-corrected chi connectivity index (χ3v) is 4.44. The van der Waals surface area contributed by atoms with Gasteiger partial charge in [0.05, 0.1) is 15.6 Å². The smallest absolute Gasteiger partial charge is 0.310 e. The van der Waals surface area contributed by atoms with Crippen molar-refractivity contribution < 1.29 is 14.7 Å². The Kier molecular flexibility index (Phi) is 4.75. The second kappa shape index (κ2) is 6.35. The zero-order chi connectivity index (χ0) is 14.6. The van der Waals surface area contributed by atoms with Gasteiger partial charge in [0, 0.05) is 18.8 Å². The van der Waals surface area contributed by atoms with Crippen molar-refractivity contribution in [1.29, 1.82) is 0 Å². The normalized spacial score (nSPS) is 17.4. The number of carbonyl (C=O) groups is 2. The summed E-state index contributed by atoms with van der Waals surface area (Å²) in [6, 6.07) is 1.68. The lowest BCUT2D eigenvalue weighted by atomic mass is 9.71. The average molecular weight is 341 g/mol. The number of hydrogen-bond acceptors (Lipinski definition) is 3. The summed E-state index contributed by atoms with van der Waals surface area (Å²) in [6.45, 7) is 0. The largest absolute Gasteiger partial charge is 0.481 e. The summed E-state index contributed by atoms with van der Waals surface area (Å²) >= 11 is 3.30. The van der Waals surface area contributed by atoms with Crippen LogP contribution in [-0.2, 0) is 9.59 Å². The molecule has 1 saturated carbocycles. The van der Waals surface area contributed by atoms with Crippen molar-refractivity contribution in [2.75, 3.05) is 5.32 Å². The summed E-state index contributed by atoms with van der Waals surface area (Å²) in [7, 11) is 0. The van der Waals surface area contributed by atoms with Crippen LogP contribution in [0.2, 0.25) is 0 Å². The molecule has 0 bridgehead atoms. The molecule has 1 aliphatic carbocycles. The van der Waals surface area contributed by atoms with Gasteiger partial charge in [0.1, 0.15) is 0 Å². The summed E-state index contributed by atoms with van der Waals surface area (Å²) in [5, 5.41) is 12.2. The molecule has 5 nitrogen and oxygen atoms in total. The number of amides is 1. The third kappa shape index (κ3) is 3.36. The maximum Gasteiger partial charge on any atom is 0.310 e. The van der Waals surface area contributed by atoms with Crippen LogP contribution in [0.25, 0.3) is 0 Å². The topological polar surface area (TPSA) is 79.3 Å². The molecule has 0 atom stereocenters. The fourth-order valence-corrected chi connectivity index (χ4v) is 3.02. The van der Waals surface area contributed by atoms with Gasteiger partial charge >= 0.3 is 5.97 Å². The Hall–Kier alpha value is -1.43. The number of anilines is 1. The number of aliphatic carboxylic acids is 1. The van der Waals surface area contributed by atoms with E-state index >= 15 is 0 Å². The Morgan fingerprint density at radius 2 is 2.05 bits per heavy atom. The number of carboxylic acid groups (broad SMARTS) is 1. The highest BCUT2D eigenvalue weighted by atomic mass is 79.9. The number of nitrogens with zero attached hydrogens (tertiary/aromatic N) is 1. The van der Waals surface area contributed by atoms with Crippen LogP contribution in [0.5, 0.6) is 0 Å². The summed E-state index contributed by atoms with van der Waals surface area (Å²) in [6.07, 6.45) is 7.14. The van der Waals surface area contributed by atoms with Crippen LogP contribution in [0.15, 0.2) is 22.9 Å². The Bertz CT molecular complexity index is 513. The molecule has 108 valence electrons. The quantitative estimate of drug-likeness (QED) is 0.881. The van der Waals surface area contributed by atoms with Crippen molar-refractivity contribution in [3.63, 3.8) is 0 Å². The molecule has 1 fully saturated rings. The monoisotopic (exact) mass is 340 g/mol. The molecule has 20 heavy (non-hydrogen) atoms. The number of carboxylic acids is 1. The molecule has 1 amide bonds. The second-order valence-corrected chi connectivity index (χ2v) is 6.08. The number of carbonyl (C=O) groups excluding carboxylic acids is 1. The first-order valence-electron chi connectivity index (χ1n) is 6.66. The summed E-state index contributed by atoms with van der Waals surface area (Å²) in [5.74, 6) is -1.12. The van der Waals surface area contributed by atoms with Crippen LogP contribution in [0.1, 0.15) is 38.5 Å². The predicted molar refractivity (Wildman–Crippen MR) is 78.3 cm³/mol. The van der Waals surface area contributed by atoms with E-state index in [2.05, 4.69) is 26.2 Å². The Labute approximate surface area is 125 Å². The highest BCUT2D eigenvalue weighted by molar-refractivity contribution is 9.10. The number of halogens is 1. The first kappa shape index (κ1) is 15.0. The Balaban J connectivity index is 2.06. The summed E-state index contributed by atoms with van der Waals surface area (Å²) < 4.78 is 0.682. The van der Waals surface area contributed by atoms with Crippen molar-refractivity contribution in [2.24, 2.45) is 5.41 Å². The van der Waals surface area contributed by atoms with Gasteiger partial charge in [-0.15, -0.1) is 0 Å². The highest BCUT2D eigenvalue weighted by Gasteiger charge is 2.41. The molecule has 0 aromatic carbocycles. The molecular weight excluding hydrogens is 324 g/mol. The van der Waals surface area contributed by atoms with Crippen molar-refractivity contribution in [3.8, 4) is 0 Å². The first-order chi connectivity index (χ1) is 9.53. The van der Waals surface area contributed by atoms with Gasteiger partial charge in [-0.2, -0.15) is 0 Å². The van der Waals surface area contributed by atoms with Crippen LogP contribution in [0, 0.1) is 5.41 Å². The number of pyridine rings is 1. The van der Waals surface area contributed by atoms with Crippen LogP contribution >= 0.6 is 15.9 Å². The van der Waals surface area contributed by atoms with E-state index in [0.717, 1.165) is 19.3 Å². The molecule has 0 unspecified atom stereocenters. The van der Waals surface area contributed by atoms with Gasteiger partial charge in [-0.3, -0.25) is 14.6 Å². The molecule has 2 N–H and O–H groups in total. The molecule has 0 saturated heterocycles. The SMILES string of the molecule is O=C(CC1(C(=O)O)CCCCC1)Nc1ccncc1Br. The number of aromatic nitrogens is 1. The van der Waals surface area contributed by atoms with Crippen LogP contribution < -0.4 is 5.32 Å². The minimum absolute atomic E-state index is 0.0249. The van der Waals surface area contributed by atoms with E-state index in [1.807, 2.05) is 0 Å². The zero-order valence-electron chi connectivity index (χ0n) is 11.1. The van der Waals surface area contributed by atoms with Gasteiger partial charge in [-0.25, -0.2) is 0 Å². The van der Waals surface area contributed by atoms with E-state index < -0.39 is 11.4 Å². The predicted octanol–water partition coefficient (Wildman–Crippen LogP) is 3.21. The average Bonchev–Trinajstić information content (AvgIpc) is 2.42. The molecule has 1 heterocycles. The van der Waals surface area contributed by atoms with Crippen molar-refractivity contribution in [2.45, 2.75) is 38.5 Å². The summed E-state index contributed by atoms with van der Waals surface area (Å²) in [4.78, 5) is 27.6. The molecular formula is C14H17BrN2O3. The zero-order valence-corrected chi connectivity index (χ0v) is 12.6. The molecule has 6 heteroatoms. The minimum atomic E-state index is -0.901. The Morgan fingerprint density at radius 1 is 1.35 bits per heavy atom. The number of hydrogen-bond donors (Lipinski definition) is 2. The van der Waals surface area contributed by atoms with Crippen molar-refractivity contribution >= 4 is 33.5 Å². The number of nitrogens with one attached hydrogen (secondary N) is 1. The van der Waals surface area contributed by atoms with E-state index in [-0.39, 0.29) is 12.3 Å². The summed E-state index contributed by atoms with van der Waals surface area (Å²) in [5.41, 5.74) is -0.289. The molecule has 0 radical (unpaired) electrons. The molecule has 1 aliphatic rings. The molecule has 1 aromatic heterocycles. The maximum absolute atomic E-state index is 12.1. The van der Waals surface area contributed by atoms with Crippen molar-refractivity contribution in [1.82, 2.24) is 4.98 Å². The van der Waals surface area contributed by atoms with Crippen molar-refractivity contribution in [3.05, 3.63) is 22.9 Å². The molecule has 1 aromatic rings. The maximum atomic E-state index is 12.1. The molecule has 0 spiro atoms. The van der Waals surface area contributed by atoms with Gasteiger partial charge in [0.2, 0.25) is 5.91 Å². The lowest BCUT2D eigenvalue weighted by molar-refractivity contribution is -0.153. The van der Waals surface area contributed by atoms with Gasteiger partial charge < -0.3 is 10.4 Å². The molecule has 2 rings (SSSR count). The fraction of sp³-hybridized carbons (Fsp3) is 0.500. The number of rotatable bonds is 4. The lowest BCUT2D eigenvalue weighted by Crippen LogP contribution is -2.37. The van der Waals surface area contributed by atoms with Gasteiger partial charge in [0.25, 0.3) is 0 Å².